The van der Waals surface area contributed by atoms with E-state index in [0.29, 0.717) is 45.7 Å². The highest BCUT2D eigenvalue weighted by molar-refractivity contribution is 6.01. The summed E-state index contributed by atoms with van der Waals surface area (Å²) in [4.78, 5) is 13.3. The lowest BCUT2D eigenvalue weighted by Gasteiger charge is -2.72. The van der Waals surface area contributed by atoms with Crippen molar-refractivity contribution in [1.29, 1.82) is 0 Å². The van der Waals surface area contributed by atoms with Crippen LogP contribution in [0.25, 0.3) is 0 Å². The minimum Gasteiger partial charge on any atom is -0.294 e. The number of Topliss-reactive ketones (excluding diaryl/α,β-unsaturated/α-hetero) is 1. The van der Waals surface area contributed by atoms with E-state index >= 15 is 0 Å². The van der Waals surface area contributed by atoms with Crippen LogP contribution in [-0.4, -0.2) is 5.78 Å². The van der Waals surface area contributed by atoms with Crippen molar-refractivity contribution in [3.8, 4) is 0 Å². The summed E-state index contributed by atoms with van der Waals surface area (Å²) in [6.07, 6.45) is 13.5. The number of carbonyl (C=O) groups is 1. The molecule has 184 valence electrons. The molecule has 0 amide bonds. The Bertz CT molecular complexity index is 905. The van der Waals surface area contributed by atoms with E-state index in [-0.39, 0.29) is 5.41 Å². The third kappa shape index (κ3) is 2.75. The SMILES string of the molecule is C=C[C@@]12CC[C@]3(C)[C@H](CC[C@@H]4[C@@]5(C)CC[C@H](C)C(C)(C)[C@@H]5CC[C@]43C)C1=C(C(C)C)C(=O)C2. The topological polar surface area (TPSA) is 17.1 Å². The predicted molar refractivity (Wildman–Crippen MR) is 139 cm³/mol. The van der Waals surface area contributed by atoms with Crippen molar-refractivity contribution in [3.63, 3.8) is 0 Å². The van der Waals surface area contributed by atoms with E-state index < -0.39 is 0 Å². The maximum atomic E-state index is 13.3. The van der Waals surface area contributed by atoms with Gasteiger partial charge in [-0.1, -0.05) is 61.5 Å². The van der Waals surface area contributed by atoms with Gasteiger partial charge in [0.15, 0.2) is 5.78 Å². The summed E-state index contributed by atoms with van der Waals surface area (Å²) >= 11 is 0. The second-order valence-corrected chi connectivity index (χ2v) is 14.8. The molecule has 0 aliphatic heterocycles. The lowest BCUT2D eigenvalue weighted by atomic mass is 9.32. The third-order valence-corrected chi connectivity index (χ3v) is 13.4. The van der Waals surface area contributed by atoms with Crippen LogP contribution in [0, 0.1) is 56.7 Å². The molecule has 0 heterocycles. The lowest BCUT2D eigenvalue weighted by molar-refractivity contribution is -0.218. The van der Waals surface area contributed by atoms with E-state index in [4.69, 9.17) is 0 Å². The molecule has 0 saturated heterocycles. The molecule has 0 radical (unpaired) electrons. The predicted octanol–water partition coefficient (Wildman–Crippen LogP) is 8.79. The number of ketones is 1. The van der Waals surface area contributed by atoms with E-state index in [0.717, 1.165) is 24.2 Å². The summed E-state index contributed by atoms with van der Waals surface area (Å²) in [6, 6.07) is 0. The summed E-state index contributed by atoms with van der Waals surface area (Å²) in [5.41, 5.74) is 4.27. The molecule has 5 aliphatic rings. The highest BCUT2D eigenvalue weighted by Crippen LogP contribution is 2.77. The van der Waals surface area contributed by atoms with Crippen LogP contribution in [0.5, 0.6) is 0 Å². The van der Waals surface area contributed by atoms with E-state index in [1.165, 1.54) is 50.5 Å². The van der Waals surface area contributed by atoms with Crippen LogP contribution in [-0.2, 0) is 4.79 Å². The molecular weight excluding hydrogens is 400 g/mol. The molecule has 5 rings (SSSR count). The molecule has 0 bridgehead atoms. The van der Waals surface area contributed by atoms with Crippen molar-refractivity contribution < 1.29 is 4.79 Å². The van der Waals surface area contributed by atoms with Gasteiger partial charge in [-0.05, 0) is 114 Å². The monoisotopic (exact) mass is 450 g/mol. The highest BCUT2D eigenvalue weighted by Gasteiger charge is 2.69. The van der Waals surface area contributed by atoms with Gasteiger partial charge in [-0.3, -0.25) is 4.79 Å². The molecule has 0 unspecified atom stereocenters. The van der Waals surface area contributed by atoms with Crippen molar-refractivity contribution in [1.82, 2.24) is 0 Å². The first-order chi connectivity index (χ1) is 15.3. The Hall–Kier alpha value is -0.850. The van der Waals surface area contributed by atoms with Crippen molar-refractivity contribution >= 4 is 5.78 Å². The maximum Gasteiger partial charge on any atom is 0.160 e. The lowest BCUT2D eigenvalue weighted by Crippen LogP contribution is -2.64. The zero-order valence-corrected chi connectivity index (χ0v) is 22.9. The molecule has 33 heavy (non-hydrogen) atoms. The first kappa shape index (κ1) is 23.9. The van der Waals surface area contributed by atoms with Crippen LogP contribution < -0.4 is 0 Å². The number of hydrogen-bond donors (Lipinski definition) is 0. The van der Waals surface area contributed by atoms with E-state index in [9.17, 15) is 4.79 Å². The van der Waals surface area contributed by atoms with Crippen LogP contribution in [0.3, 0.4) is 0 Å². The Morgan fingerprint density at radius 1 is 0.879 bits per heavy atom. The normalized spacial score (nSPS) is 51.0. The second kappa shape index (κ2) is 7.10. The van der Waals surface area contributed by atoms with Gasteiger partial charge in [0.2, 0.25) is 0 Å². The Morgan fingerprint density at radius 3 is 2.21 bits per heavy atom. The van der Waals surface area contributed by atoms with Gasteiger partial charge in [-0.2, -0.15) is 0 Å². The summed E-state index contributed by atoms with van der Waals surface area (Å²) in [7, 11) is 0. The molecule has 4 fully saturated rings. The largest absolute Gasteiger partial charge is 0.294 e. The Morgan fingerprint density at radius 2 is 1.58 bits per heavy atom. The first-order valence-corrected chi connectivity index (χ1v) is 14.2. The van der Waals surface area contributed by atoms with Gasteiger partial charge in [0.05, 0.1) is 0 Å². The van der Waals surface area contributed by atoms with Crippen LogP contribution in [0.1, 0.15) is 113 Å². The minimum atomic E-state index is -0.0482. The van der Waals surface area contributed by atoms with Gasteiger partial charge in [0, 0.05) is 11.8 Å². The molecule has 0 aromatic carbocycles. The van der Waals surface area contributed by atoms with Crippen LogP contribution in [0.4, 0.5) is 0 Å². The zero-order chi connectivity index (χ0) is 24.2. The molecule has 5 aliphatic carbocycles. The van der Waals surface area contributed by atoms with E-state index in [1.807, 2.05) is 0 Å². The molecule has 0 spiro atoms. The summed E-state index contributed by atoms with van der Waals surface area (Å²) in [6.45, 7) is 24.5. The molecule has 0 N–H and O–H groups in total. The average Bonchev–Trinajstić information content (AvgIpc) is 3.04. The first-order valence-electron chi connectivity index (χ1n) is 14.2. The summed E-state index contributed by atoms with van der Waals surface area (Å²) in [5, 5.41) is 0. The Balaban J connectivity index is 1.61. The standard InChI is InChI=1S/C32H50O/c1-10-32-18-17-30(8)22(27(32)26(20(2)3)23(33)19-32)11-12-25-29(7)15-13-21(4)28(5,6)24(29)14-16-31(25,30)9/h10,20-22,24-25H,1,11-19H2,2-9H3/t21-,22+,24-,25+,29-,30+,31+,32-/m0/s1. The average molecular weight is 451 g/mol. The van der Waals surface area contributed by atoms with E-state index in [1.54, 1.807) is 5.57 Å². The molecule has 0 aromatic rings. The fraction of sp³-hybridized carbons (Fsp3) is 0.844. The van der Waals surface area contributed by atoms with Gasteiger partial charge < -0.3 is 0 Å². The van der Waals surface area contributed by atoms with Gasteiger partial charge in [-0.15, -0.1) is 6.58 Å². The molecule has 1 heteroatoms. The number of carbonyl (C=O) groups excluding carboxylic acids is 1. The van der Waals surface area contributed by atoms with Gasteiger partial charge in [-0.25, -0.2) is 0 Å². The van der Waals surface area contributed by atoms with Crippen molar-refractivity contribution in [2.45, 2.75) is 113 Å². The number of allylic oxidation sites excluding steroid dienone is 3. The second-order valence-electron chi connectivity index (χ2n) is 14.8. The summed E-state index contributed by atoms with van der Waals surface area (Å²) < 4.78 is 0. The summed E-state index contributed by atoms with van der Waals surface area (Å²) in [5.74, 6) is 3.81. The van der Waals surface area contributed by atoms with Crippen molar-refractivity contribution in [3.05, 3.63) is 23.8 Å². The fourth-order valence-corrected chi connectivity index (χ4v) is 11.1. The molecule has 1 nitrogen and oxygen atoms in total. The van der Waals surface area contributed by atoms with Gasteiger partial charge in [0.1, 0.15) is 0 Å². The number of fused-ring (bicyclic) bond motifs is 7. The molecule has 8 atom stereocenters. The number of hydrogen-bond acceptors (Lipinski definition) is 1. The maximum absolute atomic E-state index is 13.3. The molecule has 0 aromatic heterocycles. The number of rotatable bonds is 2. The fourth-order valence-electron chi connectivity index (χ4n) is 11.1. The van der Waals surface area contributed by atoms with E-state index in [2.05, 4.69) is 68.0 Å². The third-order valence-electron chi connectivity index (χ3n) is 13.4. The zero-order valence-electron chi connectivity index (χ0n) is 22.9. The van der Waals surface area contributed by atoms with Crippen LogP contribution in [0.2, 0.25) is 0 Å². The Kier molecular flexibility index (Phi) is 5.14. The quantitative estimate of drug-likeness (QED) is 0.384. The van der Waals surface area contributed by atoms with Gasteiger partial charge in [0.25, 0.3) is 0 Å². The molecular formula is C32H50O. The van der Waals surface area contributed by atoms with Crippen molar-refractivity contribution in [2.75, 3.05) is 0 Å². The minimum absolute atomic E-state index is 0.0482. The van der Waals surface area contributed by atoms with Gasteiger partial charge >= 0.3 is 0 Å². The van der Waals surface area contributed by atoms with Crippen LogP contribution >= 0.6 is 0 Å². The van der Waals surface area contributed by atoms with Crippen molar-refractivity contribution in [2.24, 2.45) is 56.7 Å². The Labute approximate surface area is 204 Å². The highest BCUT2D eigenvalue weighted by atomic mass is 16.1. The smallest absolute Gasteiger partial charge is 0.160 e. The molecule has 4 saturated carbocycles. The van der Waals surface area contributed by atoms with Crippen LogP contribution in [0.15, 0.2) is 23.8 Å².